The maximum absolute atomic E-state index is 9.71. The summed E-state index contributed by atoms with van der Waals surface area (Å²) in [6, 6.07) is 13.1. The van der Waals surface area contributed by atoms with Crippen molar-refractivity contribution in [2.75, 3.05) is 0 Å². The van der Waals surface area contributed by atoms with Crippen LogP contribution in [0.1, 0.15) is 5.56 Å². The fourth-order valence-corrected chi connectivity index (χ4v) is 2.81. The molecule has 0 aliphatic carbocycles. The quantitative estimate of drug-likeness (QED) is 0.618. The van der Waals surface area contributed by atoms with E-state index in [0.717, 1.165) is 33.5 Å². The van der Waals surface area contributed by atoms with Crippen molar-refractivity contribution in [1.29, 1.82) is 0 Å². The Balaban J connectivity index is 1.98. The zero-order chi connectivity index (χ0) is 16.0. The van der Waals surface area contributed by atoms with Crippen LogP contribution in [-0.4, -0.2) is 29.9 Å². The van der Waals surface area contributed by atoms with Gasteiger partial charge < -0.3 is 5.11 Å². The van der Waals surface area contributed by atoms with Gasteiger partial charge in [0, 0.05) is 24.9 Å². The lowest BCUT2D eigenvalue weighted by atomic mass is 10.1. The minimum Gasteiger partial charge on any atom is -0.508 e. The van der Waals surface area contributed by atoms with Gasteiger partial charge in [0.25, 0.3) is 0 Å². The van der Waals surface area contributed by atoms with E-state index in [9.17, 15) is 5.11 Å². The summed E-state index contributed by atoms with van der Waals surface area (Å²) in [5.41, 5.74) is 5.64. The molecule has 0 aliphatic heterocycles. The third-order valence-electron chi connectivity index (χ3n) is 3.93. The van der Waals surface area contributed by atoms with Gasteiger partial charge in [-0.15, -0.1) is 5.10 Å². The lowest BCUT2D eigenvalue weighted by Gasteiger charge is -2.07. The Kier molecular flexibility index (Phi) is 2.90. The first kappa shape index (κ1) is 13.5. The monoisotopic (exact) mass is 305 g/mol. The number of rotatable bonds is 2. The zero-order valence-corrected chi connectivity index (χ0v) is 12.8. The Morgan fingerprint density at radius 1 is 1.09 bits per heavy atom. The number of benzene rings is 2. The molecule has 0 spiro atoms. The summed E-state index contributed by atoms with van der Waals surface area (Å²) in [7, 11) is 1.92. The van der Waals surface area contributed by atoms with Crippen molar-refractivity contribution in [3.8, 4) is 22.7 Å². The predicted molar refractivity (Wildman–Crippen MR) is 87.5 cm³/mol. The van der Waals surface area contributed by atoms with Crippen molar-refractivity contribution in [2.24, 2.45) is 7.05 Å². The molecule has 0 fully saturated rings. The molecule has 0 radical (unpaired) electrons. The number of phenols is 1. The Morgan fingerprint density at radius 2 is 1.96 bits per heavy atom. The molecular weight excluding hydrogens is 290 g/mol. The number of aromatic hydroxyl groups is 1. The third kappa shape index (κ3) is 2.15. The molecule has 0 bridgehead atoms. The minimum atomic E-state index is 0.200. The minimum absolute atomic E-state index is 0.200. The molecule has 2 aromatic carbocycles. The smallest absolute Gasteiger partial charge is 0.117 e. The van der Waals surface area contributed by atoms with E-state index >= 15 is 0 Å². The average molecular weight is 305 g/mol. The van der Waals surface area contributed by atoms with Gasteiger partial charge in [0.15, 0.2) is 0 Å². The van der Waals surface area contributed by atoms with Crippen LogP contribution in [0.25, 0.3) is 28.0 Å². The second-order valence-electron chi connectivity index (χ2n) is 5.52. The van der Waals surface area contributed by atoms with Gasteiger partial charge in [-0.05, 0) is 42.8 Å². The van der Waals surface area contributed by atoms with Crippen molar-refractivity contribution in [3.63, 3.8) is 0 Å². The summed E-state index contributed by atoms with van der Waals surface area (Å²) in [5, 5.41) is 22.5. The van der Waals surface area contributed by atoms with Gasteiger partial charge in [0.1, 0.15) is 11.3 Å². The summed E-state index contributed by atoms with van der Waals surface area (Å²) < 4.78 is 3.57. The summed E-state index contributed by atoms with van der Waals surface area (Å²) in [6.07, 6.45) is 1.78. The van der Waals surface area contributed by atoms with Gasteiger partial charge in [0.2, 0.25) is 0 Å². The fourth-order valence-electron chi connectivity index (χ4n) is 2.81. The molecule has 0 saturated carbocycles. The summed E-state index contributed by atoms with van der Waals surface area (Å²) >= 11 is 0. The highest BCUT2D eigenvalue weighted by molar-refractivity contribution is 5.85. The van der Waals surface area contributed by atoms with Gasteiger partial charge in [-0.1, -0.05) is 11.3 Å². The second-order valence-corrected chi connectivity index (χ2v) is 5.52. The fraction of sp³-hybridized carbons (Fsp3) is 0.118. The maximum atomic E-state index is 9.71. The summed E-state index contributed by atoms with van der Waals surface area (Å²) in [4.78, 5) is 0. The highest BCUT2D eigenvalue weighted by atomic mass is 16.3. The molecule has 4 rings (SSSR count). The van der Waals surface area contributed by atoms with E-state index in [1.807, 2.05) is 36.9 Å². The molecule has 0 amide bonds. The Morgan fingerprint density at radius 3 is 2.70 bits per heavy atom. The Bertz CT molecular complexity index is 1010. The SMILES string of the molecule is Cc1cc(-c2ccnn2C)cc2c1nnn2-c1cccc(O)c1. The lowest BCUT2D eigenvalue weighted by Crippen LogP contribution is -1.97. The van der Waals surface area contributed by atoms with Crippen LogP contribution < -0.4 is 0 Å². The number of hydrogen-bond donors (Lipinski definition) is 1. The number of aromatic nitrogens is 5. The van der Waals surface area contributed by atoms with Crippen LogP contribution in [0.5, 0.6) is 5.75 Å². The number of nitrogens with zero attached hydrogens (tertiary/aromatic N) is 5. The number of aryl methyl sites for hydroxylation is 2. The highest BCUT2D eigenvalue weighted by Crippen LogP contribution is 2.27. The molecule has 0 aliphatic rings. The largest absolute Gasteiger partial charge is 0.508 e. The first-order valence-corrected chi connectivity index (χ1v) is 7.27. The van der Waals surface area contributed by atoms with E-state index in [-0.39, 0.29) is 5.75 Å². The lowest BCUT2D eigenvalue weighted by molar-refractivity contribution is 0.475. The third-order valence-corrected chi connectivity index (χ3v) is 3.93. The number of hydrogen-bond acceptors (Lipinski definition) is 4. The van der Waals surface area contributed by atoms with Crippen LogP contribution >= 0.6 is 0 Å². The zero-order valence-electron chi connectivity index (χ0n) is 12.8. The highest BCUT2D eigenvalue weighted by Gasteiger charge is 2.13. The van der Waals surface area contributed by atoms with Crippen LogP contribution in [-0.2, 0) is 7.05 Å². The molecule has 0 atom stereocenters. The van der Waals surface area contributed by atoms with E-state index in [0.29, 0.717) is 0 Å². The second kappa shape index (κ2) is 4.95. The van der Waals surface area contributed by atoms with E-state index in [1.165, 1.54) is 0 Å². The Labute approximate surface area is 132 Å². The number of fused-ring (bicyclic) bond motifs is 1. The molecular formula is C17H15N5O. The first-order valence-electron chi connectivity index (χ1n) is 7.27. The molecule has 4 aromatic rings. The summed E-state index contributed by atoms with van der Waals surface area (Å²) in [5.74, 6) is 0.200. The van der Waals surface area contributed by atoms with Gasteiger partial charge in [0.05, 0.1) is 16.9 Å². The van der Waals surface area contributed by atoms with E-state index < -0.39 is 0 Å². The van der Waals surface area contributed by atoms with Crippen molar-refractivity contribution >= 4 is 11.0 Å². The van der Waals surface area contributed by atoms with E-state index in [2.05, 4.69) is 21.5 Å². The van der Waals surface area contributed by atoms with Crippen LogP contribution in [0.3, 0.4) is 0 Å². The molecule has 23 heavy (non-hydrogen) atoms. The topological polar surface area (TPSA) is 68.8 Å². The standard InChI is InChI=1S/C17H15N5O/c1-11-8-12(15-6-7-18-21(15)2)9-16-17(11)19-20-22(16)13-4-3-5-14(23)10-13/h3-10,23H,1-2H3. The molecule has 114 valence electrons. The van der Waals surface area contributed by atoms with Crippen LogP contribution in [0.15, 0.2) is 48.7 Å². The van der Waals surface area contributed by atoms with E-state index in [4.69, 9.17) is 0 Å². The van der Waals surface area contributed by atoms with Gasteiger partial charge >= 0.3 is 0 Å². The molecule has 1 N–H and O–H groups in total. The van der Waals surface area contributed by atoms with Crippen molar-refractivity contribution < 1.29 is 5.11 Å². The van der Waals surface area contributed by atoms with Crippen molar-refractivity contribution in [2.45, 2.75) is 6.92 Å². The average Bonchev–Trinajstić information content (AvgIpc) is 3.13. The van der Waals surface area contributed by atoms with Crippen molar-refractivity contribution in [1.82, 2.24) is 24.8 Å². The normalized spacial score (nSPS) is 11.2. The Hall–Kier alpha value is -3.15. The molecule has 0 unspecified atom stereocenters. The van der Waals surface area contributed by atoms with Gasteiger partial charge in [-0.2, -0.15) is 5.10 Å². The van der Waals surface area contributed by atoms with Gasteiger partial charge in [-0.3, -0.25) is 4.68 Å². The van der Waals surface area contributed by atoms with Crippen LogP contribution in [0.4, 0.5) is 0 Å². The molecule has 0 saturated heterocycles. The predicted octanol–water partition coefficient (Wildman–Crippen LogP) is 2.84. The molecule has 2 aromatic heterocycles. The number of phenolic OH excluding ortho intramolecular Hbond substituents is 1. The molecule has 6 nitrogen and oxygen atoms in total. The van der Waals surface area contributed by atoms with Crippen LogP contribution in [0, 0.1) is 6.92 Å². The first-order chi connectivity index (χ1) is 11.1. The van der Waals surface area contributed by atoms with E-state index in [1.54, 1.807) is 29.1 Å². The molecule has 6 heteroatoms. The maximum Gasteiger partial charge on any atom is 0.117 e. The molecule has 2 heterocycles. The van der Waals surface area contributed by atoms with Crippen LogP contribution in [0.2, 0.25) is 0 Å². The van der Waals surface area contributed by atoms with Crippen molar-refractivity contribution in [3.05, 3.63) is 54.2 Å². The van der Waals surface area contributed by atoms with Gasteiger partial charge in [-0.25, -0.2) is 4.68 Å². The summed E-state index contributed by atoms with van der Waals surface area (Å²) in [6.45, 7) is 2.02.